The van der Waals surface area contributed by atoms with E-state index in [4.69, 9.17) is 0 Å². The molecule has 0 N–H and O–H groups in total. The van der Waals surface area contributed by atoms with E-state index in [1.807, 2.05) is 0 Å². The van der Waals surface area contributed by atoms with Gasteiger partial charge in [-0.1, -0.05) is 40.4 Å². The standard InChI is InChI=1S/C8H18OSSi/c1-8(2,3)7(10-9)11(4,5)6/h1-6H3. The molecule has 0 aromatic rings. The molecule has 0 saturated carbocycles. The Hall–Kier alpha value is 0.107. The minimum atomic E-state index is -1.35. The molecule has 0 rings (SSSR count). The van der Waals surface area contributed by atoms with Crippen LogP contribution in [0, 0.1) is 5.41 Å². The summed E-state index contributed by atoms with van der Waals surface area (Å²) in [7, 11) is -1.35. The number of hydrogen-bond acceptors (Lipinski definition) is 1. The molecule has 0 aromatic heterocycles. The van der Waals surface area contributed by atoms with Crippen molar-refractivity contribution in [3.05, 3.63) is 0 Å². The van der Waals surface area contributed by atoms with Crippen molar-refractivity contribution in [2.45, 2.75) is 40.4 Å². The fourth-order valence-electron chi connectivity index (χ4n) is 1.38. The summed E-state index contributed by atoms with van der Waals surface area (Å²) in [5.41, 5.74) is 0.0802. The molecule has 0 aromatic carbocycles. The van der Waals surface area contributed by atoms with Gasteiger partial charge in [0.15, 0.2) is 0 Å². The molecule has 11 heavy (non-hydrogen) atoms. The van der Waals surface area contributed by atoms with E-state index in [1.165, 1.54) is 0 Å². The molecule has 0 spiro atoms. The van der Waals surface area contributed by atoms with E-state index in [-0.39, 0.29) is 5.41 Å². The predicted molar refractivity (Wildman–Crippen MR) is 56.0 cm³/mol. The van der Waals surface area contributed by atoms with Crippen molar-refractivity contribution in [2.75, 3.05) is 0 Å². The van der Waals surface area contributed by atoms with Crippen LogP contribution < -0.4 is 0 Å². The summed E-state index contributed by atoms with van der Waals surface area (Å²) in [6.07, 6.45) is 0. The molecular formula is C8H18OSSi. The van der Waals surface area contributed by atoms with E-state index in [0.29, 0.717) is 11.3 Å². The second-order valence-corrected chi connectivity index (χ2v) is 10.8. The summed E-state index contributed by atoms with van der Waals surface area (Å²) >= 11 is 0.712. The molecule has 3 heteroatoms. The molecule has 1 nitrogen and oxygen atoms in total. The zero-order valence-electron chi connectivity index (χ0n) is 8.32. The van der Waals surface area contributed by atoms with Crippen molar-refractivity contribution < 1.29 is 4.21 Å². The summed E-state index contributed by atoms with van der Waals surface area (Å²) in [4.78, 5) is 0. The lowest BCUT2D eigenvalue weighted by Gasteiger charge is -2.28. The third-order valence-electron chi connectivity index (χ3n) is 1.45. The average molecular weight is 190 g/mol. The van der Waals surface area contributed by atoms with Crippen molar-refractivity contribution in [1.29, 1.82) is 0 Å². The molecule has 0 aliphatic rings. The van der Waals surface area contributed by atoms with E-state index < -0.39 is 8.07 Å². The van der Waals surface area contributed by atoms with Crippen molar-refractivity contribution in [1.82, 2.24) is 0 Å². The first-order valence-electron chi connectivity index (χ1n) is 3.87. The highest BCUT2D eigenvalue weighted by atomic mass is 32.1. The van der Waals surface area contributed by atoms with Crippen molar-refractivity contribution >= 4 is 23.8 Å². The maximum atomic E-state index is 10.8. The van der Waals surface area contributed by atoms with Crippen LogP contribution in [-0.2, 0) is 11.3 Å². The van der Waals surface area contributed by atoms with Crippen LogP contribution in [0.1, 0.15) is 20.8 Å². The van der Waals surface area contributed by atoms with Gasteiger partial charge >= 0.3 is 0 Å². The second kappa shape index (κ2) is 3.23. The first-order chi connectivity index (χ1) is 4.69. The lowest BCUT2D eigenvalue weighted by molar-refractivity contribution is 0.605. The summed E-state index contributed by atoms with van der Waals surface area (Å²) in [6, 6.07) is 0. The highest BCUT2D eigenvalue weighted by Gasteiger charge is 2.30. The molecule has 0 bridgehead atoms. The van der Waals surface area contributed by atoms with Gasteiger partial charge in [-0.3, -0.25) is 0 Å². The lowest BCUT2D eigenvalue weighted by Crippen LogP contribution is -2.42. The van der Waals surface area contributed by atoms with Crippen molar-refractivity contribution in [3.63, 3.8) is 0 Å². The molecule has 0 fully saturated rings. The minimum Gasteiger partial charge on any atom is -0.213 e. The van der Waals surface area contributed by atoms with E-state index in [0.717, 1.165) is 4.49 Å². The van der Waals surface area contributed by atoms with E-state index in [9.17, 15) is 4.21 Å². The van der Waals surface area contributed by atoms with Gasteiger partial charge in [-0.25, -0.2) is 4.21 Å². The fourth-order valence-corrected chi connectivity index (χ4v) is 4.88. The SMILES string of the molecule is CC(C)(C)C(=S=O)[Si](C)(C)C. The maximum Gasteiger partial charge on any atom is 0.0900 e. The first kappa shape index (κ1) is 11.1. The van der Waals surface area contributed by atoms with Crippen LogP contribution >= 0.6 is 0 Å². The Balaban J connectivity index is 4.90. The largest absolute Gasteiger partial charge is 0.213 e. The molecule has 0 aliphatic carbocycles. The monoisotopic (exact) mass is 190 g/mol. The highest BCUT2D eigenvalue weighted by Crippen LogP contribution is 2.22. The van der Waals surface area contributed by atoms with Crippen molar-refractivity contribution in [2.24, 2.45) is 5.41 Å². The normalized spacial score (nSPS) is 12.9. The van der Waals surface area contributed by atoms with Crippen molar-refractivity contribution in [3.8, 4) is 0 Å². The van der Waals surface area contributed by atoms with E-state index >= 15 is 0 Å². The topological polar surface area (TPSA) is 17.1 Å². The molecule has 0 atom stereocenters. The van der Waals surface area contributed by atoms with Gasteiger partial charge in [0.05, 0.1) is 19.3 Å². The second-order valence-electron chi connectivity index (χ2n) is 4.91. The van der Waals surface area contributed by atoms with Gasteiger partial charge in [0.25, 0.3) is 0 Å². The Kier molecular flexibility index (Phi) is 3.26. The number of rotatable bonds is 1. The Morgan fingerprint density at radius 3 is 1.55 bits per heavy atom. The summed E-state index contributed by atoms with van der Waals surface area (Å²) in [6.45, 7) is 13.0. The molecule has 0 saturated heterocycles. The molecular weight excluding hydrogens is 172 g/mol. The van der Waals surface area contributed by atoms with Gasteiger partial charge < -0.3 is 0 Å². The van der Waals surface area contributed by atoms with Gasteiger partial charge in [-0.15, -0.1) is 0 Å². The van der Waals surface area contributed by atoms with Gasteiger partial charge in [0.2, 0.25) is 0 Å². The molecule has 0 aliphatic heterocycles. The van der Waals surface area contributed by atoms with Gasteiger partial charge in [-0.05, 0) is 5.41 Å². The third-order valence-corrected chi connectivity index (χ3v) is 6.42. The van der Waals surface area contributed by atoms with Crippen LogP contribution in [0.3, 0.4) is 0 Å². The zero-order chi connectivity index (χ0) is 9.28. The third kappa shape index (κ3) is 3.34. The minimum absolute atomic E-state index is 0.0802. The predicted octanol–water partition coefficient (Wildman–Crippen LogP) is 2.30. The lowest BCUT2D eigenvalue weighted by atomic mass is 10.0. The van der Waals surface area contributed by atoms with Crippen LogP contribution in [0.25, 0.3) is 0 Å². The molecule has 66 valence electrons. The van der Waals surface area contributed by atoms with Crippen LogP contribution in [0.15, 0.2) is 0 Å². The van der Waals surface area contributed by atoms with E-state index in [1.54, 1.807) is 0 Å². The summed E-state index contributed by atoms with van der Waals surface area (Å²) in [5, 5.41) is 0. The molecule has 0 amide bonds. The fraction of sp³-hybridized carbons (Fsp3) is 0.875. The highest BCUT2D eigenvalue weighted by molar-refractivity contribution is 7.72. The van der Waals surface area contributed by atoms with Gasteiger partial charge in [0.1, 0.15) is 0 Å². The summed E-state index contributed by atoms with van der Waals surface area (Å²) < 4.78 is 12.0. The Morgan fingerprint density at radius 1 is 1.18 bits per heavy atom. The first-order valence-corrected chi connectivity index (χ1v) is 8.11. The van der Waals surface area contributed by atoms with Gasteiger partial charge in [-0.2, -0.15) is 0 Å². The van der Waals surface area contributed by atoms with E-state index in [2.05, 4.69) is 40.4 Å². The molecule has 0 unspecified atom stereocenters. The van der Waals surface area contributed by atoms with Crippen LogP contribution in [0.5, 0.6) is 0 Å². The van der Waals surface area contributed by atoms with Crippen LogP contribution in [0.2, 0.25) is 19.6 Å². The smallest absolute Gasteiger partial charge is 0.0900 e. The Morgan fingerprint density at radius 2 is 1.55 bits per heavy atom. The van der Waals surface area contributed by atoms with Crippen LogP contribution in [0.4, 0.5) is 0 Å². The van der Waals surface area contributed by atoms with Gasteiger partial charge in [0, 0.05) is 4.49 Å². The summed E-state index contributed by atoms with van der Waals surface area (Å²) in [5.74, 6) is 0. The van der Waals surface area contributed by atoms with Crippen LogP contribution in [-0.4, -0.2) is 16.8 Å². The molecule has 0 heterocycles. The Bertz CT molecular complexity index is 175. The molecule has 0 radical (unpaired) electrons. The Labute approximate surface area is 74.3 Å². The number of hydrogen-bond donors (Lipinski definition) is 0. The zero-order valence-corrected chi connectivity index (χ0v) is 10.1. The maximum absolute atomic E-state index is 10.8. The average Bonchev–Trinajstić information content (AvgIpc) is 1.56. The quantitative estimate of drug-likeness (QED) is 0.458.